The highest BCUT2D eigenvalue weighted by atomic mass is 16.6. The number of ketones is 2. The molecule has 220 valence electrons. The number of nitrogens with zero attached hydrogens (tertiary/aromatic N) is 1. The Morgan fingerprint density at radius 3 is 2.40 bits per heavy atom. The third-order valence-corrected chi connectivity index (χ3v) is 7.23. The number of rotatable bonds is 8. The first-order chi connectivity index (χ1) is 18.4. The molecule has 1 aromatic carbocycles. The number of aromatic amines is 1. The summed E-state index contributed by atoms with van der Waals surface area (Å²) in [5.74, 6) is -3.11. The minimum atomic E-state index is -2.05. The number of ether oxygens (including phenoxy) is 2. The molecule has 0 radical (unpaired) electrons. The Kier molecular flexibility index (Phi) is 8.71. The summed E-state index contributed by atoms with van der Waals surface area (Å²) in [7, 11) is 1.17. The standard InChI is InChI=1S/C29H42N4O7/c1-16(30)23(35)20-11-12-33(27(2,3)4)29(20,25(37)39-8)24(36)22(32-26(38)40-28(5,6)7)13-17-15-31-21-10-9-18(34)14-19(17)21/h9-10,14-16,20,22,31,34H,11-13,30H2,1-8H3,(H,32,38)/t16-,20?,22-,29+/m0/s1. The van der Waals surface area contributed by atoms with E-state index in [9.17, 15) is 24.3 Å². The normalized spacial score (nSPS) is 21.6. The molecule has 4 atom stereocenters. The number of alkyl carbamates (subject to hydrolysis) is 1. The van der Waals surface area contributed by atoms with Crippen LogP contribution in [0.25, 0.3) is 10.9 Å². The van der Waals surface area contributed by atoms with Gasteiger partial charge in [-0.15, -0.1) is 0 Å². The van der Waals surface area contributed by atoms with Crippen molar-refractivity contribution < 1.29 is 33.8 Å². The lowest BCUT2D eigenvalue weighted by Crippen LogP contribution is -2.70. The number of fused-ring (bicyclic) bond motifs is 1. The van der Waals surface area contributed by atoms with Gasteiger partial charge in [0.25, 0.3) is 0 Å². The number of carbonyl (C=O) groups excluding carboxylic acids is 4. The van der Waals surface area contributed by atoms with Crippen LogP contribution in [-0.2, 0) is 30.3 Å². The van der Waals surface area contributed by atoms with Crippen LogP contribution in [0.4, 0.5) is 4.79 Å². The molecule has 1 fully saturated rings. The van der Waals surface area contributed by atoms with Crippen molar-refractivity contribution in [1.29, 1.82) is 0 Å². The van der Waals surface area contributed by atoms with Gasteiger partial charge in [-0.05, 0) is 78.6 Å². The molecule has 5 N–H and O–H groups in total. The summed E-state index contributed by atoms with van der Waals surface area (Å²) in [6.07, 6.45) is 0.965. The number of aromatic hydroxyl groups is 1. The van der Waals surface area contributed by atoms with E-state index in [1.807, 2.05) is 20.8 Å². The van der Waals surface area contributed by atoms with E-state index in [4.69, 9.17) is 15.2 Å². The number of phenolic OH excluding ortho intramolecular Hbond substituents is 1. The number of nitrogens with one attached hydrogen (secondary N) is 2. The number of H-pyrrole nitrogens is 1. The lowest BCUT2D eigenvalue weighted by Gasteiger charge is -2.46. The van der Waals surface area contributed by atoms with Gasteiger partial charge in [0.15, 0.2) is 17.1 Å². The second-order valence-corrected chi connectivity index (χ2v) is 12.4. The Balaban J connectivity index is 2.22. The first-order valence-electron chi connectivity index (χ1n) is 13.4. The maximum atomic E-state index is 14.8. The summed E-state index contributed by atoms with van der Waals surface area (Å²) in [5.41, 5.74) is 3.67. The molecule has 0 bridgehead atoms. The van der Waals surface area contributed by atoms with Crippen molar-refractivity contribution in [2.45, 2.75) is 90.1 Å². The van der Waals surface area contributed by atoms with Crippen LogP contribution in [-0.4, -0.2) is 81.0 Å². The maximum Gasteiger partial charge on any atom is 0.408 e. The number of Topliss-reactive ketones (excluding diaryl/α,β-unsaturated/α-hetero) is 2. The molecular weight excluding hydrogens is 516 g/mol. The van der Waals surface area contributed by atoms with Crippen molar-refractivity contribution in [2.75, 3.05) is 13.7 Å². The zero-order valence-corrected chi connectivity index (χ0v) is 24.6. The van der Waals surface area contributed by atoms with Crippen LogP contribution in [0, 0.1) is 5.92 Å². The topological polar surface area (TPSA) is 164 Å². The number of hydrogen-bond donors (Lipinski definition) is 4. The van der Waals surface area contributed by atoms with Gasteiger partial charge in [-0.25, -0.2) is 9.59 Å². The van der Waals surface area contributed by atoms with Crippen LogP contribution in [0.15, 0.2) is 24.4 Å². The van der Waals surface area contributed by atoms with Crippen LogP contribution in [0.5, 0.6) is 5.75 Å². The lowest BCUT2D eigenvalue weighted by atomic mass is 9.73. The third-order valence-electron chi connectivity index (χ3n) is 7.23. The van der Waals surface area contributed by atoms with Crippen molar-refractivity contribution in [3.63, 3.8) is 0 Å². The van der Waals surface area contributed by atoms with Gasteiger partial charge in [0.2, 0.25) is 0 Å². The average molecular weight is 559 g/mol. The van der Waals surface area contributed by atoms with Crippen LogP contribution in [0.1, 0.15) is 60.5 Å². The van der Waals surface area contributed by atoms with E-state index in [0.29, 0.717) is 16.5 Å². The number of nitrogens with two attached hydrogens (primary N) is 1. The quantitative estimate of drug-likeness (QED) is 0.282. The molecule has 0 aliphatic carbocycles. The van der Waals surface area contributed by atoms with Gasteiger partial charge in [-0.3, -0.25) is 14.5 Å². The first-order valence-corrected chi connectivity index (χ1v) is 13.4. The van der Waals surface area contributed by atoms with E-state index >= 15 is 0 Å². The van der Waals surface area contributed by atoms with E-state index in [-0.39, 0.29) is 25.1 Å². The van der Waals surface area contributed by atoms with Crippen LogP contribution >= 0.6 is 0 Å². The molecule has 1 unspecified atom stereocenters. The number of hydrogen-bond acceptors (Lipinski definition) is 9. The van der Waals surface area contributed by atoms with E-state index < -0.39 is 58.3 Å². The monoisotopic (exact) mass is 558 g/mol. The summed E-state index contributed by atoms with van der Waals surface area (Å²) < 4.78 is 10.7. The van der Waals surface area contributed by atoms with Gasteiger partial charge in [-0.1, -0.05) is 0 Å². The molecule has 1 aromatic heterocycles. The zero-order valence-electron chi connectivity index (χ0n) is 24.6. The molecule has 11 nitrogen and oxygen atoms in total. The minimum absolute atomic E-state index is 0.0275. The van der Waals surface area contributed by atoms with Gasteiger partial charge >= 0.3 is 12.1 Å². The summed E-state index contributed by atoms with van der Waals surface area (Å²) in [6, 6.07) is 2.53. The van der Waals surface area contributed by atoms with Crippen molar-refractivity contribution in [2.24, 2.45) is 11.7 Å². The Morgan fingerprint density at radius 1 is 1.20 bits per heavy atom. The fourth-order valence-electron chi connectivity index (χ4n) is 5.65. The van der Waals surface area contributed by atoms with Crippen molar-refractivity contribution in [3.05, 3.63) is 30.0 Å². The molecule has 3 rings (SSSR count). The smallest absolute Gasteiger partial charge is 0.408 e. The molecule has 1 saturated heterocycles. The molecule has 1 aliphatic rings. The summed E-state index contributed by atoms with van der Waals surface area (Å²) in [4.78, 5) is 59.9. The van der Waals surface area contributed by atoms with Crippen LogP contribution in [0.3, 0.4) is 0 Å². The highest BCUT2D eigenvalue weighted by molar-refractivity contribution is 6.16. The number of aromatic nitrogens is 1. The van der Waals surface area contributed by atoms with Gasteiger partial charge in [-0.2, -0.15) is 0 Å². The highest BCUT2D eigenvalue weighted by Crippen LogP contribution is 2.43. The van der Waals surface area contributed by atoms with Gasteiger partial charge < -0.3 is 30.6 Å². The molecule has 40 heavy (non-hydrogen) atoms. The maximum absolute atomic E-state index is 14.8. The molecule has 2 heterocycles. The molecule has 1 aliphatic heterocycles. The fourth-order valence-corrected chi connectivity index (χ4v) is 5.65. The number of phenols is 1. The van der Waals surface area contributed by atoms with Crippen molar-refractivity contribution >= 4 is 34.5 Å². The highest BCUT2D eigenvalue weighted by Gasteiger charge is 2.66. The number of carbonyl (C=O) groups is 4. The predicted molar refractivity (Wildman–Crippen MR) is 150 cm³/mol. The molecular formula is C29H42N4O7. The summed E-state index contributed by atoms with van der Waals surface area (Å²) >= 11 is 0. The zero-order chi connectivity index (χ0) is 30.2. The first kappa shape index (κ1) is 31.1. The van der Waals surface area contributed by atoms with Crippen LogP contribution < -0.4 is 11.1 Å². The number of esters is 1. The largest absolute Gasteiger partial charge is 0.508 e. The van der Waals surface area contributed by atoms with Crippen molar-refractivity contribution in [1.82, 2.24) is 15.2 Å². The van der Waals surface area contributed by atoms with E-state index in [1.165, 1.54) is 20.1 Å². The SMILES string of the molecule is COC(=O)[C@]1(C(=O)[C@H](Cc2c[nH]c3ccc(O)cc23)NC(=O)OC(C)(C)C)C(C(=O)[C@H](C)N)CCN1C(C)(C)C. The molecule has 1 amide bonds. The second-order valence-electron chi connectivity index (χ2n) is 12.4. The van der Waals surface area contributed by atoms with Gasteiger partial charge in [0.05, 0.1) is 25.1 Å². The van der Waals surface area contributed by atoms with Crippen LogP contribution in [0.2, 0.25) is 0 Å². The molecule has 0 saturated carbocycles. The minimum Gasteiger partial charge on any atom is -0.508 e. The Hall–Kier alpha value is -3.44. The Labute approximate surface area is 234 Å². The summed E-state index contributed by atoms with van der Waals surface area (Å²) in [6.45, 7) is 12.4. The molecule has 0 spiro atoms. The van der Waals surface area contributed by atoms with E-state index in [0.717, 1.165) is 0 Å². The van der Waals surface area contributed by atoms with E-state index in [1.54, 1.807) is 44.0 Å². The Morgan fingerprint density at radius 2 is 1.85 bits per heavy atom. The van der Waals surface area contributed by atoms with Crippen molar-refractivity contribution in [3.8, 4) is 5.75 Å². The third kappa shape index (κ3) is 6.00. The molecule has 2 aromatic rings. The van der Waals surface area contributed by atoms with Gasteiger partial charge in [0, 0.05) is 35.6 Å². The predicted octanol–water partition coefficient (Wildman–Crippen LogP) is 2.83. The number of amides is 1. The Bertz CT molecular complexity index is 1290. The van der Waals surface area contributed by atoms with E-state index in [2.05, 4.69) is 10.3 Å². The fraction of sp³-hybridized carbons (Fsp3) is 0.586. The second kappa shape index (κ2) is 11.2. The molecule has 11 heteroatoms. The van der Waals surface area contributed by atoms with Gasteiger partial charge in [0.1, 0.15) is 11.4 Å². The average Bonchev–Trinajstić information content (AvgIpc) is 3.43. The number of likely N-dealkylation sites (tertiary alicyclic amines) is 1. The number of benzene rings is 1. The summed E-state index contributed by atoms with van der Waals surface area (Å²) in [5, 5.41) is 13.4. The lowest BCUT2D eigenvalue weighted by molar-refractivity contribution is -0.168. The number of methoxy groups -OCH3 is 1.